The molecule has 0 saturated heterocycles. The van der Waals surface area contributed by atoms with Crippen LogP contribution in [0.3, 0.4) is 0 Å². The highest BCUT2D eigenvalue weighted by atomic mass is 16.7. The molecule has 0 fully saturated rings. The molecule has 1 atom stereocenters. The van der Waals surface area contributed by atoms with Gasteiger partial charge in [-0.05, 0) is 39.5 Å². The maximum Gasteiger partial charge on any atom is 0.155 e. The Kier molecular flexibility index (Phi) is 5.10. The second kappa shape index (κ2) is 5.13. The lowest BCUT2D eigenvalue weighted by atomic mass is 9.93. The maximum atomic E-state index is 5.63. The monoisotopic (exact) mass is 202 g/mol. The van der Waals surface area contributed by atoms with E-state index in [0.29, 0.717) is 5.41 Å². The lowest BCUT2D eigenvalue weighted by molar-refractivity contribution is -0.187. The van der Waals surface area contributed by atoms with Crippen molar-refractivity contribution in [3.8, 4) is 0 Å². The van der Waals surface area contributed by atoms with Gasteiger partial charge in [-0.15, -0.1) is 0 Å². The van der Waals surface area contributed by atoms with Gasteiger partial charge in [0.05, 0.1) is 12.2 Å². The summed E-state index contributed by atoms with van der Waals surface area (Å²) in [6.45, 7) is 15.5. The van der Waals surface area contributed by atoms with Gasteiger partial charge in [0.15, 0.2) is 6.29 Å². The molecule has 0 aliphatic carbocycles. The lowest BCUT2D eigenvalue weighted by Crippen LogP contribution is -2.28. The molecule has 86 valence electrons. The predicted octanol–water partition coefficient (Wildman–Crippen LogP) is 3.60. The highest BCUT2D eigenvalue weighted by Gasteiger charge is 2.16. The number of hydrogen-bond acceptors (Lipinski definition) is 2. The molecule has 0 rings (SSSR count). The summed E-state index contributed by atoms with van der Waals surface area (Å²) in [4.78, 5) is 0. The van der Waals surface area contributed by atoms with Crippen molar-refractivity contribution in [3.63, 3.8) is 0 Å². The fourth-order valence-electron chi connectivity index (χ4n) is 1.06. The molecular formula is C12H26O2. The second-order valence-electron chi connectivity index (χ2n) is 5.98. The molecule has 0 heterocycles. The Morgan fingerprint density at radius 1 is 1.00 bits per heavy atom. The highest BCUT2D eigenvalue weighted by molar-refractivity contribution is 4.61. The van der Waals surface area contributed by atoms with Crippen LogP contribution in [0.5, 0.6) is 0 Å². The summed E-state index contributed by atoms with van der Waals surface area (Å²) in [5.74, 6) is 0. The first kappa shape index (κ1) is 13.9. The lowest BCUT2D eigenvalue weighted by Gasteiger charge is -2.26. The number of rotatable bonds is 4. The molecule has 0 aliphatic rings. The van der Waals surface area contributed by atoms with Crippen molar-refractivity contribution >= 4 is 0 Å². The molecule has 0 aliphatic heterocycles. The van der Waals surface area contributed by atoms with E-state index < -0.39 is 0 Å². The highest BCUT2D eigenvalue weighted by Crippen LogP contribution is 2.19. The summed E-state index contributed by atoms with van der Waals surface area (Å²) < 4.78 is 11.2. The molecule has 0 radical (unpaired) electrons. The molecule has 0 saturated carbocycles. The minimum absolute atomic E-state index is 0.114. The molecule has 2 nitrogen and oxygen atoms in total. The van der Waals surface area contributed by atoms with Gasteiger partial charge in [-0.3, -0.25) is 0 Å². The Morgan fingerprint density at radius 3 is 1.86 bits per heavy atom. The van der Waals surface area contributed by atoms with Crippen LogP contribution in [0.2, 0.25) is 0 Å². The topological polar surface area (TPSA) is 18.5 Å². The molecule has 0 aromatic heterocycles. The van der Waals surface area contributed by atoms with Crippen LogP contribution >= 0.6 is 0 Å². The van der Waals surface area contributed by atoms with Crippen LogP contribution in [0.4, 0.5) is 0 Å². The smallest absolute Gasteiger partial charge is 0.155 e. The Morgan fingerprint density at radius 2 is 1.50 bits per heavy atom. The van der Waals surface area contributed by atoms with Crippen molar-refractivity contribution in [2.75, 3.05) is 6.61 Å². The summed E-state index contributed by atoms with van der Waals surface area (Å²) >= 11 is 0. The first-order valence-electron chi connectivity index (χ1n) is 5.40. The van der Waals surface area contributed by atoms with E-state index in [2.05, 4.69) is 20.8 Å². The van der Waals surface area contributed by atoms with Crippen molar-refractivity contribution < 1.29 is 9.47 Å². The average Bonchev–Trinajstić information content (AvgIpc) is 1.78. The third-order valence-corrected chi connectivity index (χ3v) is 1.72. The third-order valence-electron chi connectivity index (χ3n) is 1.72. The first-order valence-corrected chi connectivity index (χ1v) is 5.40. The van der Waals surface area contributed by atoms with Gasteiger partial charge in [0.1, 0.15) is 0 Å². The van der Waals surface area contributed by atoms with E-state index in [1.807, 2.05) is 27.7 Å². The normalized spacial score (nSPS) is 15.6. The van der Waals surface area contributed by atoms with Gasteiger partial charge >= 0.3 is 0 Å². The standard InChI is InChI=1S/C12H26O2/c1-10(14-12(5,6)7)13-9-8-11(2,3)4/h10H,8-9H2,1-7H3. The van der Waals surface area contributed by atoms with Crippen molar-refractivity contribution in [3.05, 3.63) is 0 Å². The van der Waals surface area contributed by atoms with Crippen molar-refractivity contribution in [1.29, 1.82) is 0 Å². The Hall–Kier alpha value is -0.0800. The van der Waals surface area contributed by atoms with Crippen LogP contribution in [0, 0.1) is 5.41 Å². The molecule has 0 spiro atoms. The SMILES string of the molecule is CC(OCCC(C)(C)C)OC(C)(C)C. The van der Waals surface area contributed by atoms with Gasteiger partial charge in [0.25, 0.3) is 0 Å². The maximum absolute atomic E-state index is 5.63. The Balaban J connectivity index is 3.60. The molecule has 14 heavy (non-hydrogen) atoms. The van der Waals surface area contributed by atoms with Crippen LogP contribution in [0.25, 0.3) is 0 Å². The molecule has 0 bridgehead atoms. The van der Waals surface area contributed by atoms with Gasteiger partial charge in [-0.2, -0.15) is 0 Å². The quantitative estimate of drug-likeness (QED) is 0.648. The van der Waals surface area contributed by atoms with Gasteiger partial charge in [0, 0.05) is 0 Å². The molecule has 0 amide bonds. The zero-order valence-corrected chi connectivity index (χ0v) is 10.8. The summed E-state index contributed by atoms with van der Waals surface area (Å²) in [7, 11) is 0. The minimum atomic E-state index is -0.124. The van der Waals surface area contributed by atoms with Gasteiger partial charge in [-0.25, -0.2) is 0 Å². The second-order valence-corrected chi connectivity index (χ2v) is 5.98. The molecule has 0 N–H and O–H groups in total. The van der Waals surface area contributed by atoms with Crippen LogP contribution in [0.15, 0.2) is 0 Å². The van der Waals surface area contributed by atoms with Crippen LogP contribution in [-0.2, 0) is 9.47 Å². The zero-order valence-electron chi connectivity index (χ0n) is 10.8. The number of hydrogen-bond donors (Lipinski definition) is 0. The van der Waals surface area contributed by atoms with Crippen LogP contribution in [-0.4, -0.2) is 18.5 Å². The van der Waals surface area contributed by atoms with Gasteiger partial charge in [0.2, 0.25) is 0 Å². The zero-order chi connectivity index (χ0) is 11.4. The van der Waals surface area contributed by atoms with Crippen molar-refractivity contribution in [2.45, 2.75) is 66.8 Å². The molecule has 0 aromatic rings. The summed E-state index contributed by atoms with van der Waals surface area (Å²) in [6.07, 6.45) is 0.947. The van der Waals surface area contributed by atoms with Gasteiger partial charge < -0.3 is 9.47 Å². The van der Waals surface area contributed by atoms with E-state index in [-0.39, 0.29) is 11.9 Å². The van der Waals surface area contributed by atoms with Crippen LogP contribution < -0.4 is 0 Å². The van der Waals surface area contributed by atoms with Gasteiger partial charge in [-0.1, -0.05) is 20.8 Å². The predicted molar refractivity (Wildman–Crippen MR) is 60.3 cm³/mol. The summed E-state index contributed by atoms with van der Waals surface area (Å²) in [6, 6.07) is 0. The van der Waals surface area contributed by atoms with E-state index in [0.717, 1.165) is 13.0 Å². The van der Waals surface area contributed by atoms with Crippen molar-refractivity contribution in [1.82, 2.24) is 0 Å². The van der Waals surface area contributed by atoms with E-state index >= 15 is 0 Å². The fraction of sp³-hybridized carbons (Fsp3) is 1.00. The molecule has 0 aromatic carbocycles. The molecule has 1 unspecified atom stereocenters. The first-order chi connectivity index (χ1) is 6.10. The van der Waals surface area contributed by atoms with E-state index in [1.165, 1.54) is 0 Å². The number of ether oxygens (including phenoxy) is 2. The minimum Gasteiger partial charge on any atom is -0.353 e. The van der Waals surface area contributed by atoms with Crippen molar-refractivity contribution in [2.24, 2.45) is 5.41 Å². The van der Waals surface area contributed by atoms with E-state index in [4.69, 9.17) is 9.47 Å². The summed E-state index contributed by atoms with van der Waals surface area (Å²) in [5, 5.41) is 0. The Labute approximate surface area is 89.0 Å². The molecule has 2 heteroatoms. The largest absolute Gasteiger partial charge is 0.353 e. The van der Waals surface area contributed by atoms with Crippen LogP contribution in [0.1, 0.15) is 54.9 Å². The third kappa shape index (κ3) is 10.0. The Bertz CT molecular complexity index is 151. The van der Waals surface area contributed by atoms with E-state index in [9.17, 15) is 0 Å². The molecular weight excluding hydrogens is 176 g/mol. The fourth-order valence-corrected chi connectivity index (χ4v) is 1.06. The van der Waals surface area contributed by atoms with E-state index in [1.54, 1.807) is 0 Å². The average molecular weight is 202 g/mol. The summed E-state index contributed by atoms with van der Waals surface area (Å²) in [5.41, 5.74) is 0.211.